The van der Waals surface area contributed by atoms with Gasteiger partial charge in [-0.15, -0.1) is 0 Å². The van der Waals surface area contributed by atoms with Gasteiger partial charge in [0.2, 0.25) is 5.91 Å². The Morgan fingerprint density at radius 3 is 2.50 bits per heavy atom. The molecule has 0 radical (unpaired) electrons. The quantitative estimate of drug-likeness (QED) is 0.658. The molecule has 0 fully saturated rings. The molecular weight excluding hydrogens is 295 g/mol. The molecule has 0 unspecified atom stereocenters. The molecule has 0 aliphatic carbocycles. The van der Waals surface area contributed by atoms with Gasteiger partial charge in [0.25, 0.3) is 0 Å². The molecule has 0 spiro atoms. The van der Waals surface area contributed by atoms with Gasteiger partial charge in [-0.05, 0) is 42.0 Å². The first-order valence-electron chi connectivity index (χ1n) is 5.84. The van der Waals surface area contributed by atoms with Crippen molar-refractivity contribution in [3.63, 3.8) is 0 Å². The summed E-state index contributed by atoms with van der Waals surface area (Å²) in [6.45, 7) is 0. The lowest BCUT2D eigenvalue weighted by molar-refractivity contribution is -0.111. The topological polar surface area (TPSA) is 55.1 Å². The van der Waals surface area contributed by atoms with Crippen LogP contribution in [0.1, 0.15) is 5.56 Å². The number of nitrogens with two attached hydrogens (primary N) is 1. The number of nitrogens with one attached hydrogen (secondary N) is 1. The van der Waals surface area contributed by atoms with Crippen LogP contribution in [0.3, 0.4) is 0 Å². The van der Waals surface area contributed by atoms with Crippen molar-refractivity contribution in [3.8, 4) is 0 Å². The van der Waals surface area contributed by atoms with Gasteiger partial charge < -0.3 is 11.1 Å². The molecule has 2 rings (SSSR count). The highest BCUT2D eigenvalue weighted by molar-refractivity contribution is 6.34. The van der Waals surface area contributed by atoms with Gasteiger partial charge in [0, 0.05) is 16.8 Å². The molecule has 0 saturated carbocycles. The van der Waals surface area contributed by atoms with Crippen LogP contribution in [-0.2, 0) is 4.79 Å². The molecule has 2 aromatic carbocycles. The maximum atomic E-state index is 11.8. The van der Waals surface area contributed by atoms with E-state index in [4.69, 9.17) is 28.9 Å². The van der Waals surface area contributed by atoms with E-state index in [-0.39, 0.29) is 5.91 Å². The molecule has 3 N–H and O–H groups in total. The molecule has 0 aromatic heterocycles. The molecule has 5 heteroatoms. The Bertz CT molecular complexity index is 651. The third-order valence-corrected chi connectivity index (χ3v) is 3.13. The number of benzene rings is 2. The Morgan fingerprint density at radius 1 is 1.10 bits per heavy atom. The highest BCUT2D eigenvalue weighted by atomic mass is 35.5. The SMILES string of the molecule is Nc1ccc(Cl)c(NC(=O)/C=C/c2ccc(Cl)cc2)c1. The van der Waals surface area contributed by atoms with Crippen molar-refractivity contribution < 1.29 is 4.79 Å². The summed E-state index contributed by atoms with van der Waals surface area (Å²) in [5.41, 5.74) is 7.54. The van der Waals surface area contributed by atoms with Crippen molar-refractivity contribution >= 4 is 46.6 Å². The minimum Gasteiger partial charge on any atom is -0.399 e. The summed E-state index contributed by atoms with van der Waals surface area (Å²) >= 11 is 11.7. The lowest BCUT2D eigenvalue weighted by atomic mass is 10.2. The lowest BCUT2D eigenvalue weighted by Gasteiger charge is -2.05. The van der Waals surface area contributed by atoms with Gasteiger partial charge in [-0.1, -0.05) is 35.3 Å². The first kappa shape index (κ1) is 14.4. The van der Waals surface area contributed by atoms with Crippen LogP contribution in [0.2, 0.25) is 10.0 Å². The highest BCUT2D eigenvalue weighted by Gasteiger charge is 2.03. The van der Waals surface area contributed by atoms with Crippen molar-refractivity contribution in [1.82, 2.24) is 0 Å². The third-order valence-electron chi connectivity index (χ3n) is 2.55. The van der Waals surface area contributed by atoms with Crippen LogP contribution in [0.5, 0.6) is 0 Å². The number of amides is 1. The molecule has 0 aliphatic rings. The van der Waals surface area contributed by atoms with E-state index in [1.807, 2.05) is 12.1 Å². The molecule has 0 atom stereocenters. The standard InChI is InChI=1S/C15H12Cl2N2O/c16-11-4-1-10(2-5-11)3-8-15(20)19-14-9-12(18)6-7-13(14)17/h1-9H,18H2,(H,19,20)/b8-3+. The number of carbonyl (C=O) groups is 1. The van der Waals surface area contributed by atoms with Crippen LogP contribution < -0.4 is 11.1 Å². The summed E-state index contributed by atoms with van der Waals surface area (Å²) in [7, 11) is 0. The van der Waals surface area contributed by atoms with Gasteiger partial charge in [0.15, 0.2) is 0 Å². The Hall–Kier alpha value is -1.97. The van der Waals surface area contributed by atoms with E-state index in [2.05, 4.69) is 5.32 Å². The highest BCUT2D eigenvalue weighted by Crippen LogP contribution is 2.24. The van der Waals surface area contributed by atoms with Crippen LogP contribution in [0.15, 0.2) is 48.5 Å². The molecule has 1 amide bonds. The molecule has 2 aromatic rings. The maximum Gasteiger partial charge on any atom is 0.248 e. The second-order valence-electron chi connectivity index (χ2n) is 4.11. The first-order valence-corrected chi connectivity index (χ1v) is 6.60. The van der Waals surface area contributed by atoms with Crippen LogP contribution >= 0.6 is 23.2 Å². The van der Waals surface area contributed by atoms with Gasteiger partial charge in [-0.2, -0.15) is 0 Å². The van der Waals surface area contributed by atoms with E-state index in [1.165, 1.54) is 6.08 Å². The van der Waals surface area contributed by atoms with Crippen molar-refractivity contribution in [3.05, 3.63) is 64.1 Å². The van der Waals surface area contributed by atoms with Crippen molar-refractivity contribution in [1.29, 1.82) is 0 Å². The summed E-state index contributed by atoms with van der Waals surface area (Å²) in [5.74, 6) is -0.285. The number of hydrogen-bond donors (Lipinski definition) is 2. The second-order valence-corrected chi connectivity index (χ2v) is 4.96. The number of hydrogen-bond acceptors (Lipinski definition) is 2. The van der Waals surface area contributed by atoms with E-state index in [9.17, 15) is 4.79 Å². The third kappa shape index (κ3) is 4.02. The zero-order chi connectivity index (χ0) is 14.5. The van der Waals surface area contributed by atoms with Gasteiger partial charge >= 0.3 is 0 Å². The average molecular weight is 307 g/mol. The average Bonchev–Trinajstić information content (AvgIpc) is 2.42. The predicted octanol–water partition coefficient (Wildman–Crippen LogP) is 4.23. The van der Waals surface area contributed by atoms with Gasteiger partial charge in [-0.25, -0.2) is 0 Å². The van der Waals surface area contributed by atoms with Crippen LogP contribution in [0.25, 0.3) is 6.08 Å². The van der Waals surface area contributed by atoms with Gasteiger partial charge in [0.1, 0.15) is 0 Å². The molecule has 0 saturated heterocycles. The van der Waals surface area contributed by atoms with E-state index in [0.717, 1.165) is 5.56 Å². The number of nitrogen functional groups attached to an aromatic ring is 1. The summed E-state index contributed by atoms with van der Waals surface area (Å²) < 4.78 is 0. The van der Waals surface area contributed by atoms with Crippen molar-refractivity contribution in [2.45, 2.75) is 0 Å². The fraction of sp³-hybridized carbons (Fsp3) is 0. The van der Waals surface area contributed by atoms with Gasteiger partial charge in [0.05, 0.1) is 10.7 Å². The van der Waals surface area contributed by atoms with Crippen LogP contribution in [0.4, 0.5) is 11.4 Å². The zero-order valence-corrected chi connectivity index (χ0v) is 11.9. The fourth-order valence-electron chi connectivity index (χ4n) is 1.56. The number of carbonyl (C=O) groups excluding carboxylic acids is 1. The molecule has 3 nitrogen and oxygen atoms in total. The monoisotopic (exact) mass is 306 g/mol. The molecule has 20 heavy (non-hydrogen) atoms. The Balaban J connectivity index is 2.05. The second kappa shape index (κ2) is 6.46. The summed E-state index contributed by atoms with van der Waals surface area (Å²) in [5, 5.41) is 3.76. The van der Waals surface area contributed by atoms with E-state index in [0.29, 0.717) is 21.4 Å². The zero-order valence-electron chi connectivity index (χ0n) is 10.4. The number of halogens is 2. The fourth-order valence-corrected chi connectivity index (χ4v) is 1.85. The van der Waals surface area contributed by atoms with Crippen LogP contribution in [0, 0.1) is 0 Å². The predicted molar refractivity (Wildman–Crippen MR) is 85.0 cm³/mol. The summed E-state index contributed by atoms with van der Waals surface area (Å²) in [6.07, 6.45) is 3.11. The normalized spacial score (nSPS) is 10.7. The summed E-state index contributed by atoms with van der Waals surface area (Å²) in [6, 6.07) is 12.1. The van der Waals surface area contributed by atoms with Gasteiger partial charge in [-0.3, -0.25) is 4.79 Å². The molecule has 0 aliphatic heterocycles. The largest absolute Gasteiger partial charge is 0.399 e. The number of anilines is 2. The Kier molecular flexibility index (Phi) is 4.66. The van der Waals surface area contributed by atoms with E-state index >= 15 is 0 Å². The Morgan fingerprint density at radius 2 is 1.80 bits per heavy atom. The lowest BCUT2D eigenvalue weighted by Crippen LogP contribution is -2.08. The van der Waals surface area contributed by atoms with Crippen molar-refractivity contribution in [2.24, 2.45) is 0 Å². The maximum absolute atomic E-state index is 11.8. The molecular formula is C15H12Cl2N2O. The minimum absolute atomic E-state index is 0.285. The molecule has 0 heterocycles. The van der Waals surface area contributed by atoms with E-state index < -0.39 is 0 Å². The smallest absolute Gasteiger partial charge is 0.248 e. The van der Waals surface area contributed by atoms with Crippen molar-refractivity contribution in [2.75, 3.05) is 11.1 Å². The Labute approximate surface area is 127 Å². The minimum atomic E-state index is -0.285. The molecule has 102 valence electrons. The number of rotatable bonds is 3. The van der Waals surface area contributed by atoms with E-state index in [1.54, 1.807) is 36.4 Å². The van der Waals surface area contributed by atoms with Crippen LogP contribution in [-0.4, -0.2) is 5.91 Å². The summed E-state index contributed by atoms with van der Waals surface area (Å²) in [4.78, 5) is 11.8. The first-order chi connectivity index (χ1) is 9.54. The molecule has 0 bridgehead atoms.